The SMILES string of the molecule is CC(=O)NS(=O)(=O)c1ccc(C2=NN(C(C)=O)C(c3ccc(Cl)cc3)O2)cc1. The first-order valence-electron chi connectivity index (χ1n) is 8.12. The summed E-state index contributed by atoms with van der Waals surface area (Å²) in [7, 11) is -3.94. The molecule has 1 atom stereocenters. The Balaban J connectivity index is 1.87. The predicted molar refractivity (Wildman–Crippen MR) is 102 cm³/mol. The van der Waals surface area contributed by atoms with Crippen molar-refractivity contribution in [3.63, 3.8) is 0 Å². The van der Waals surface area contributed by atoms with Gasteiger partial charge in [0.05, 0.1) is 4.90 Å². The Morgan fingerprint density at radius 3 is 2.21 bits per heavy atom. The summed E-state index contributed by atoms with van der Waals surface area (Å²) in [6.07, 6.45) is -0.757. The van der Waals surface area contributed by atoms with Crippen molar-refractivity contribution in [1.29, 1.82) is 0 Å². The molecule has 3 rings (SSSR count). The number of ether oxygens (including phenoxy) is 1. The summed E-state index contributed by atoms with van der Waals surface area (Å²) in [6, 6.07) is 12.4. The van der Waals surface area contributed by atoms with Crippen molar-refractivity contribution in [2.45, 2.75) is 25.0 Å². The summed E-state index contributed by atoms with van der Waals surface area (Å²) in [5.41, 5.74) is 1.16. The molecule has 2 amide bonds. The van der Waals surface area contributed by atoms with Gasteiger partial charge < -0.3 is 4.74 Å². The summed E-state index contributed by atoms with van der Waals surface area (Å²) in [5, 5.41) is 5.95. The first-order chi connectivity index (χ1) is 13.2. The monoisotopic (exact) mass is 421 g/mol. The summed E-state index contributed by atoms with van der Waals surface area (Å²) in [6.45, 7) is 2.47. The summed E-state index contributed by atoms with van der Waals surface area (Å²) < 4.78 is 31.8. The van der Waals surface area contributed by atoms with E-state index >= 15 is 0 Å². The minimum Gasteiger partial charge on any atom is -0.446 e. The molecule has 1 heterocycles. The number of benzene rings is 2. The average molecular weight is 422 g/mol. The summed E-state index contributed by atoms with van der Waals surface area (Å²) in [4.78, 5) is 22.9. The average Bonchev–Trinajstić information content (AvgIpc) is 3.07. The highest BCUT2D eigenvalue weighted by Gasteiger charge is 2.33. The van der Waals surface area contributed by atoms with E-state index in [1.807, 2.05) is 4.72 Å². The molecule has 0 aliphatic carbocycles. The number of nitrogens with one attached hydrogen (secondary N) is 1. The van der Waals surface area contributed by atoms with Crippen LogP contribution in [0.25, 0.3) is 0 Å². The van der Waals surface area contributed by atoms with Crippen LogP contribution < -0.4 is 4.72 Å². The molecule has 0 saturated heterocycles. The number of hydrogen-bond acceptors (Lipinski definition) is 6. The van der Waals surface area contributed by atoms with E-state index in [9.17, 15) is 18.0 Å². The maximum Gasteiger partial charge on any atom is 0.264 e. The van der Waals surface area contributed by atoms with Gasteiger partial charge in [-0.15, -0.1) is 5.10 Å². The Morgan fingerprint density at radius 2 is 1.68 bits per heavy atom. The molecule has 0 fully saturated rings. The second-order valence-corrected chi connectivity index (χ2v) is 8.10. The van der Waals surface area contributed by atoms with Crippen molar-refractivity contribution in [1.82, 2.24) is 9.73 Å². The normalized spacial score (nSPS) is 16.3. The molecule has 2 aromatic rings. The van der Waals surface area contributed by atoms with Gasteiger partial charge in [-0.25, -0.2) is 13.1 Å². The number of hydrazone groups is 1. The van der Waals surface area contributed by atoms with Crippen LogP contribution in [0.1, 0.15) is 31.2 Å². The molecule has 8 nitrogen and oxygen atoms in total. The molecule has 146 valence electrons. The minimum absolute atomic E-state index is 0.0808. The highest BCUT2D eigenvalue weighted by atomic mass is 35.5. The van der Waals surface area contributed by atoms with Crippen LogP contribution >= 0.6 is 11.6 Å². The van der Waals surface area contributed by atoms with Crippen LogP contribution in [0, 0.1) is 0 Å². The van der Waals surface area contributed by atoms with Crippen molar-refractivity contribution >= 4 is 39.3 Å². The number of carbonyl (C=O) groups excluding carboxylic acids is 2. The van der Waals surface area contributed by atoms with E-state index in [0.29, 0.717) is 16.1 Å². The lowest BCUT2D eigenvalue weighted by Gasteiger charge is -2.19. The number of sulfonamides is 1. The standard InChI is InChI=1S/C18H16ClN3O5S/c1-11(23)21-28(25,26)16-9-5-13(6-10-16)17-20-22(12(2)24)18(27-17)14-3-7-15(19)8-4-14/h3-10,18H,1-2H3,(H,21,23). The van der Waals surface area contributed by atoms with Crippen LogP contribution in [-0.2, 0) is 24.3 Å². The fourth-order valence-electron chi connectivity index (χ4n) is 2.55. The molecule has 0 spiro atoms. The van der Waals surface area contributed by atoms with Gasteiger partial charge in [-0.3, -0.25) is 9.59 Å². The fraction of sp³-hybridized carbons (Fsp3) is 0.167. The Bertz CT molecular complexity index is 1050. The van der Waals surface area contributed by atoms with Crippen LogP contribution in [-0.4, -0.2) is 31.1 Å². The van der Waals surface area contributed by atoms with E-state index in [4.69, 9.17) is 16.3 Å². The molecule has 0 radical (unpaired) electrons. The topological polar surface area (TPSA) is 105 Å². The molecular formula is C18H16ClN3O5S. The lowest BCUT2D eigenvalue weighted by molar-refractivity contribution is -0.135. The number of hydrogen-bond donors (Lipinski definition) is 1. The van der Waals surface area contributed by atoms with Gasteiger partial charge in [0, 0.05) is 30.0 Å². The second kappa shape index (κ2) is 7.61. The van der Waals surface area contributed by atoms with Crippen LogP contribution in [0.2, 0.25) is 5.02 Å². The third kappa shape index (κ3) is 4.15. The first-order valence-corrected chi connectivity index (χ1v) is 9.98. The van der Waals surface area contributed by atoms with Gasteiger partial charge in [0.1, 0.15) is 0 Å². The lowest BCUT2D eigenvalue weighted by Crippen LogP contribution is -2.28. The Hall–Kier alpha value is -2.91. The van der Waals surface area contributed by atoms with Crippen LogP contribution in [0.4, 0.5) is 0 Å². The lowest BCUT2D eigenvalue weighted by atomic mass is 10.2. The van der Waals surface area contributed by atoms with E-state index < -0.39 is 22.2 Å². The number of halogens is 1. The first kappa shape index (κ1) is 19.8. The number of amides is 2. The smallest absolute Gasteiger partial charge is 0.264 e. The number of carbonyl (C=O) groups is 2. The number of rotatable bonds is 4. The van der Waals surface area contributed by atoms with E-state index in [0.717, 1.165) is 6.92 Å². The van der Waals surface area contributed by atoms with Gasteiger partial charge >= 0.3 is 0 Å². The minimum atomic E-state index is -3.94. The highest BCUT2D eigenvalue weighted by molar-refractivity contribution is 7.90. The Labute approximate surface area is 166 Å². The van der Waals surface area contributed by atoms with E-state index in [1.54, 1.807) is 24.3 Å². The molecule has 2 aromatic carbocycles. The molecule has 1 aliphatic rings. The second-order valence-electron chi connectivity index (χ2n) is 5.98. The molecule has 0 aromatic heterocycles. The van der Waals surface area contributed by atoms with Crippen molar-refractivity contribution in [2.24, 2.45) is 5.10 Å². The molecule has 1 aliphatic heterocycles. The van der Waals surface area contributed by atoms with Crippen LogP contribution in [0.5, 0.6) is 0 Å². The molecule has 0 bridgehead atoms. The maximum absolute atomic E-state index is 12.0. The molecule has 1 unspecified atom stereocenters. The molecule has 1 N–H and O–H groups in total. The predicted octanol–water partition coefficient (Wildman–Crippen LogP) is 2.40. The van der Waals surface area contributed by atoms with Gasteiger partial charge in [-0.2, -0.15) is 5.01 Å². The van der Waals surface area contributed by atoms with Gasteiger partial charge in [0.25, 0.3) is 10.0 Å². The van der Waals surface area contributed by atoms with Crippen molar-refractivity contribution in [2.75, 3.05) is 0 Å². The van der Waals surface area contributed by atoms with E-state index in [-0.39, 0.29) is 16.7 Å². The van der Waals surface area contributed by atoms with Gasteiger partial charge in [-0.05, 0) is 36.4 Å². The van der Waals surface area contributed by atoms with E-state index in [2.05, 4.69) is 5.10 Å². The third-order valence-corrected chi connectivity index (χ3v) is 5.51. The van der Waals surface area contributed by atoms with Crippen LogP contribution in [0.15, 0.2) is 58.5 Å². The fourth-order valence-corrected chi connectivity index (χ4v) is 3.67. The Kier molecular flexibility index (Phi) is 5.39. The van der Waals surface area contributed by atoms with E-state index in [1.165, 1.54) is 36.2 Å². The summed E-state index contributed by atoms with van der Waals surface area (Å²) >= 11 is 5.90. The third-order valence-electron chi connectivity index (χ3n) is 3.81. The quantitative estimate of drug-likeness (QED) is 0.816. The zero-order chi connectivity index (χ0) is 20.5. The zero-order valence-corrected chi connectivity index (χ0v) is 16.5. The summed E-state index contributed by atoms with van der Waals surface area (Å²) in [5.74, 6) is -0.839. The molecule has 0 saturated carbocycles. The van der Waals surface area contributed by atoms with Crippen molar-refractivity contribution in [3.8, 4) is 0 Å². The van der Waals surface area contributed by atoms with Crippen molar-refractivity contribution in [3.05, 3.63) is 64.7 Å². The van der Waals surface area contributed by atoms with Gasteiger partial charge in [-0.1, -0.05) is 23.7 Å². The maximum atomic E-state index is 12.0. The molecule has 10 heteroatoms. The zero-order valence-electron chi connectivity index (χ0n) is 14.9. The molecule has 28 heavy (non-hydrogen) atoms. The Morgan fingerprint density at radius 1 is 1.07 bits per heavy atom. The number of nitrogens with zero attached hydrogens (tertiary/aromatic N) is 2. The largest absolute Gasteiger partial charge is 0.446 e. The van der Waals surface area contributed by atoms with Gasteiger partial charge in [0.2, 0.25) is 23.9 Å². The molecular weight excluding hydrogens is 406 g/mol. The van der Waals surface area contributed by atoms with Crippen molar-refractivity contribution < 1.29 is 22.7 Å². The van der Waals surface area contributed by atoms with Crippen LogP contribution in [0.3, 0.4) is 0 Å². The van der Waals surface area contributed by atoms with Gasteiger partial charge in [0.15, 0.2) is 0 Å². The highest BCUT2D eigenvalue weighted by Crippen LogP contribution is 2.31.